The molecular formula is C23H22FN5O2. The van der Waals surface area contributed by atoms with E-state index < -0.39 is 17.1 Å². The summed E-state index contributed by atoms with van der Waals surface area (Å²) in [6, 6.07) is 14.3. The fourth-order valence-corrected chi connectivity index (χ4v) is 4.24. The molecule has 0 aliphatic carbocycles. The van der Waals surface area contributed by atoms with Crippen molar-refractivity contribution in [1.82, 2.24) is 18.7 Å². The van der Waals surface area contributed by atoms with Crippen molar-refractivity contribution >= 4 is 22.8 Å². The number of anilines is 2. The molecular weight excluding hydrogens is 397 g/mol. The van der Waals surface area contributed by atoms with Crippen molar-refractivity contribution in [3.05, 3.63) is 86.3 Å². The van der Waals surface area contributed by atoms with E-state index in [1.54, 1.807) is 25.2 Å². The zero-order valence-electron chi connectivity index (χ0n) is 17.4. The molecule has 0 radical (unpaired) electrons. The molecule has 0 saturated heterocycles. The number of rotatable bonds is 3. The first kappa shape index (κ1) is 19.3. The summed E-state index contributed by atoms with van der Waals surface area (Å²) in [5.41, 5.74) is 2.16. The van der Waals surface area contributed by atoms with Crippen molar-refractivity contribution in [1.29, 1.82) is 0 Å². The average molecular weight is 419 g/mol. The first-order valence-corrected chi connectivity index (χ1v) is 10.2. The van der Waals surface area contributed by atoms with Crippen LogP contribution >= 0.6 is 0 Å². The lowest BCUT2D eigenvalue weighted by Crippen LogP contribution is -2.40. The Balaban J connectivity index is 1.72. The summed E-state index contributed by atoms with van der Waals surface area (Å²) < 4.78 is 18.5. The number of halogens is 1. The molecule has 31 heavy (non-hydrogen) atoms. The highest BCUT2D eigenvalue weighted by Gasteiger charge is 2.27. The van der Waals surface area contributed by atoms with Crippen molar-refractivity contribution in [3.63, 3.8) is 0 Å². The van der Waals surface area contributed by atoms with Crippen LogP contribution in [0.2, 0.25) is 0 Å². The standard InChI is InChI=1S/C23H22FN5O2/c1-15-7-5-9-17(13-15)27-11-6-12-28-19-20(25-22(27)28)26(2)23(31)29(21(19)30)14-16-8-3-4-10-18(16)24/h3-5,7-10,13H,6,11-12,14H2,1-2H3. The van der Waals surface area contributed by atoms with E-state index in [-0.39, 0.29) is 6.54 Å². The van der Waals surface area contributed by atoms with Crippen LogP contribution < -0.4 is 16.1 Å². The maximum Gasteiger partial charge on any atom is 0.332 e. The molecule has 0 unspecified atom stereocenters. The zero-order chi connectivity index (χ0) is 21.7. The van der Waals surface area contributed by atoms with E-state index in [9.17, 15) is 14.0 Å². The van der Waals surface area contributed by atoms with Crippen molar-refractivity contribution in [2.24, 2.45) is 7.05 Å². The van der Waals surface area contributed by atoms with Gasteiger partial charge in [0.2, 0.25) is 5.95 Å². The Kier molecular flexibility index (Phi) is 4.50. The van der Waals surface area contributed by atoms with Crippen LogP contribution in [0.1, 0.15) is 17.5 Å². The van der Waals surface area contributed by atoms with E-state index in [2.05, 4.69) is 11.0 Å². The molecule has 1 aliphatic rings. The fraction of sp³-hybridized carbons (Fsp3) is 0.261. The highest BCUT2D eigenvalue weighted by molar-refractivity contribution is 5.77. The van der Waals surface area contributed by atoms with E-state index >= 15 is 0 Å². The first-order chi connectivity index (χ1) is 15.0. The van der Waals surface area contributed by atoms with Gasteiger partial charge in [-0.25, -0.2) is 9.18 Å². The average Bonchev–Trinajstić information content (AvgIpc) is 3.16. The summed E-state index contributed by atoms with van der Waals surface area (Å²) in [5.74, 6) is 0.195. The summed E-state index contributed by atoms with van der Waals surface area (Å²) in [5, 5.41) is 0. The van der Waals surface area contributed by atoms with Gasteiger partial charge in [-0.15, -0.1) is 0 Å². The van der Waals surface area contributed by atoms with Crippen LogP contribution in [0.5, 0.6) is 0 Å². The minimum atomic E-state index is -0.515. The van der Waals surface area contributed by atoms with Crippen LogP contribution in [0.25, 0.3) is 11.2 Å². The second-order valence-electron chi connectivity index (χ2n) is 7.90. The van der Waals surface area contributed by atoms with Crippen LogP contribution in [0, 0.1) is 12.7 Å². The summed E-state index contributed by atoms with van der Waals surface area (Å²) >= 11 is 0. The molecule has 5 rings (SSSR count). The third-order valence-corrected chi connectivity index (χ3v) is 5.82. The fourth-order valence-electron chi connectivity index (χ4n) is 4.24. The van der Waals surface area contributed by atoms with Crippen LogP contribution in [-0.4, -0.2) is 25.2 Å². The molecule has 2 aromatic heterocycles. The lowest BCUT2D eigenvalue weighted by atomic mass is 10.2. The minimum absolute atomic E-state index is 0.129. The molecule has 0 N–H and O–H groups in total. The second kappa shape index (κ2) is 7.23. The number of aromatic nitrogens is 4. The molecule has 1 aliphatic heterocycles. The van der Waals surface area contributed by atoms with Crippen molar-refractivity contribution in [2.75, 3.05) is 11.4 Å². The van der Waals surface area contributed by atoms with Crippen molar-refractivity contribution < 1.29 is 4.39 Å². The van der Waals surface area contributed by atoms with Crippen LogP contribution in [0.15, 0.2) is 58.1 Å². The molecule has 7 nitrogen and oxygen atoms in total. The van der Waals surface area contributed by atoms with E-state index in [4.69, 9.17) is 4.98 Å². The van der Waals surface area contributed by atoms with Crippen molar-refractivity contribution in [2.45, 2.75) is 26.4 Å². The Hall–Kier alpha value is -3.68. The molecule has 0 bridgehead atoms. The minimum Gasteiger partial charge on any atom is -0.312 e. The smallest absolute Gasteiger partial charge is 0.312 e. The van der Waals surface area contributed by atoms with Crippen LogP contribution in [-0.2, 0) is 20.1 Å². The van der Waals surface area contributed by atoms with Gasteiger partial charge in [-0.05, 0) is 37.1 Å². The Morgan fingerprint density at radius 1 is 1.06 bits per heavy atom. The maximum absolute atomic E-state index is 14.2. The predicted molar refractivity (Wildman–Crippen MR) is 118 cm³/mol. The highest BCUT2D eigenvalue weighted by atomic mass is 19.1. The molecule has 0 spiro atoms. The second-order valence-corrected chi connectivity index (χ2v) is 7.90. The van der Waals surface area contributed by atoms with Gasteiger partial charge in [0.1, 0.15) is 5.82 Å². The first-order valence-electron chi connectivity index (χ1n) is 10.2. The van der Waals surface area contributed by atoms with E-state index in [1.807, 2.05) is 29.7 Å². The van der Waals surface area contributed by atoms with Gasteiger partial charge in [-0.3, -0.25) is 13.9 Å². The Morgan fingerprint density at radius 2 is 1.87 bits per heavy atom. The van der Waals surface area contributed by atoms with Gasteiger partial charge in [-0.1, -0.05) is 30.3 Å². The predicted octanol–water partition coefficient (Wildman–Crippen LogP) is 2.93. The molecule has 0 amide bonds. The third-order valence-electron chi connectivity index (χ3n) is 5.82. The number of imidazole rings is 1. The summed E-state index contributed by atoms with van der Waals surface area (Å²) in [7, 11) is 1.60. The van der Waals surface area contributed by atoms with Crippen LogP contribution in [0.4, 0.5) is 16.0 Å². The van der Waals surface area contributed by atoms with Crippen LogP contribution in [0.3, 0.4) is 0 Å². The van der Waals surface area contributed by atoms with E-state index in [0.717, 1.165) is 28.8 Å². The molecule has 2 aromatic carbocycles. The van der Waals surface area contributed by atoms with E-state index in [0.29, 0.717) is 29.2 Å². The van der Waals surface area contributed by atoms with E-state index in [1.165, 1.54) is 10.6 Å². The summed E-state index contributed by atoms with van der Waals surface area (Å²) in [4.78, 5) is 33.1. The number of hydrogen-bond acceptors (Lipinski definition) is 4. The molecule has 8 heteroatoms. The van der Waals surface area contributed by atoms with Gasteiger partial charge in [-0.2, -0.15) is 4.98 Å². The van der Waals surface area contributed by atoms with Crippen molar-refractivity contribution in [3.8, 4) is 0 Å². The molecule has 4 aromatic rings. The molecule has 0 atom stereocenters. The van der Waals surface area contributed by atoms with Gasteiger partial charge in [0.05, 0.1) is 6.54 Å². The quantitative estimate of drug-likeness (QED) is 0.512. The third kappa shape index (κ3) is 3.06. The topological polar surface area (TPSA) is 65.1 Å². The number of aryl methyl sites for hydroxylation is 3. The maximum atomic E-state index is 14.2. The SMILES string of the molecule is Cc1cccc(N2CCCn3c2nc2c3c(=O)n(Cc3ccccc3F)c(=O)n2C)c1. The number of benzene rings is 2. The highest BCUT2D eigenvalue weighted by Crippen LogP contribution is 2.31. The van der Waals surface area contributed by atoms with Gasteiger partial charge < -0.3 is 9.47 Å². The molecule has 0 saturated carbocycles. The molecule has 158 valence electrons. The largest absolute Gasteiger partial charge is 0.332 e. The monoisotopic (exact) mass is 419 g/mol. The Bertz CT molecular complexity index is 1430. The normalized spacial score (nSPS) is 13.6. The number of nitrogens with zero attached hydrogens (tertiary/aromatic N) is 5. The zero-order valence-corrected chi connectivity index (χ0v) is 17.4. The number of fused-ring (bicyclic) bond motifs is 3. The Morgan fingerprint density at radius 3 is 2.65 bits per heavy atom. The lowest BCUT2D eigenvalue weighted by Gasteiger charge is -2.29. The summed E-state index contributed by atoms with van der Waals surface area (Å²) in [6.45, 7) is 3.29. The van der Waals surface area contributed by atoms with Gasteiger partial charge in [0.25, 0.3) is 5.56 Å². The van der Waals surface area contributed by atoms with Gasteiger partial charge >= 0.3 is 5.69 Å². The summed E-state index contributed by atoms with van der Waals surface area (Å²) in [6.07, 6.45) is 0.835. The molecule has 0 fully saturated rings. The number of hydrogen-bond donors (Lipinski definition) is 0. The van der Waals surface area contributed by atoms with Gasteiger partial charge in [0.15, 0.2) is 11.2 Å². The molecule has 3 heterocycles. The Labute approximate surface area is 177 Å². The van der Waals surface area contributed by atoms with Gasteiger partial charge in [0, 0.05) is 31.4 Å². The lowest BCUT2D eigenvalue weighted by molar-refractivity contribution is 0.578.